The fourth-order valence-corrected chi connectivity index (χ4v) is 2.03. The summed E-state index contributed by atoms with van der Waals surface area (Å²) in [5, 5.41) is 0.609. The van der Waals surface area contributed by atoms with Crippen LogP contribution in [-0.4, -0.2) is 17.1 Å². The summed E-state index contributed by atoms with van der Waals surface area (Å²) in [5.74, 6) is 0.0387. The van der Waals surface area contributed by atoms with Crippen LogP contribution in [0.5, 0.6) is 5.75 Å². The second kappa shape index (κ2) is 5.01. The summed E-state index contributed by atoms with van der Waals surface area (Å²) >= 11 is 1.17. The van der Waals surface area contributed by atoms with Crippen LogP contribution in [0.1, 0.15) is 0 Å². The highest BCUT2D eigenvalue weighted by Gasteiger charge is 2.10. The first-order chi connectivity index (χ1) is 8.20. The number of anilines is 1. The maximum atomic E-state index is 13.6. The molecule has 0 saturated carbocycles. The number of hydrogen-bond acceptors (Lipinski definition) is 5. The van der Waals surface area contributed by atoms with Gasteiger partial charge in [-0.1, -0.05) is 11.8 Å². The summed E-state index contributed by atoms with van der Waals surface area (Å²) in [6.07, 6.45) is 4.67. The van der Waals surface area contributed by atoms with E-state index in [4.69, 9.17) is 10.5 Å². The molecule has 0 aliphatic heterocycles. The van der Waals surface area contributed by atoms with Crippen molar-refractivity contribution in [1.29, 1.82) is 0 Å². The Morgan fingerprint density at radius 2 is 2.18 bits per heavy atom. The van der Waals surface area contributed by atoms with E-state index in [1.165, 1.54) is 24.9 Å². The monoisotopic (exact) mass is 251 g/mol. The number of halogens is 1. The highest BCUT2D eigenvalue weighted by atomic mass is 32.2. The number of nitrogens with zero attached hydrogens (tertiary/aromatic N) is 2. The van der Waals surface area contributed by atoms with E-state index < -0.39 is 5.82 Å². The minimum absolute atomic E-state index is 0.272. The third kappa shape index (κ3) is 2.65. The van der Waals surface area contributed by atoms with E-state index in [0.717, 1.165) is 0 Å². The molecule has 4 nitrogen and oxygen atoms in total. The maximum absolute atomic E-state index is 13.6. The Balaban J connectivity index is 2.33. The molecular formula is C11H10FN3OS. The van der Waals surface area contributed by atoms with Gasteiger partial charge < -0.3 is 10.5 Å². The fraction of sp³-hybridized carbons (Fsp3) is 0.0909. The van der Waals surface area contributed by atoms with Crippen molar-refractivity contribution in [3.05, 3.63) is 36.5 Å². The molecule has 0 aliphatic rings. The van der Waals surface area contributed by atoms with E-state index >= 15 is 0 Å². The minimum atomic E-state index is -0.404. The fourth-order valence-electron chi connectivity index (χ4n) is 1.26. The second-order valence-electron chi connectivity index (χ2n) is 3.17. The van der Waals surface area contributed by atoms with Crippen LogP contribution in [0.4, 0.5) is 10.1 Å². The van der Waals surface area contributed by atoms with Crippen LogP contribution in [0.25, 0.3) is 0 Å². The molecule has 1 aromatic carbocycles. The SMILES string of the molecule is COc1cc(Sc2cnccn2)c(F)cc1N. The summed E-state index contributed by atoms with van der Waals surface area (Å²) in [7, 11) is 1.49. The second-order valence-corrected chi connectivity index (χ2v) is 4.23. The van der Waals surface area contributed by atoms with Crippen LogP contribution in [-0.2, 0) is 0 Å². The van der Waals surface area contributed by atoms with Crippen molar-refractivity contribution in [2.75, 3.05) is 12.8 Å². The Kier molecular flexibility index (Phi) is 3.43. The van der Waals surface area contributed by atoms with Crippen LogP contribution in [0.3, 0.4) is 0 Å². The van der Waals surface area contributed by atoms with E-state index in [1.807, 2.05) is 0 Å². The maximum Gasteiger partial charge on any atom is 0.143 e. The van der Waals surface area contributed by atoms with Gasteiger partial charge >= 0.3 is 0 Å². The van der Waals surface area contributed by atoms with Crippen molar-refractivity contribution >= 4 is 17.4 Å². The number of methoxy groups -OCH3 is 1. The third-order valence-corrected chi connectivity index (χ3v) is 2.99. The van der Waals surface area contributed by atoms with Crippen LogP contribution in [0, 0.1) is 5.82 Å². The van der Waals surface area contributed by atoms with E-state index in [-0.39, 0.29) is 5.69 Å². The summed E-state index contributed by atoms with van der Waals surface area (Å²) < 4.78 is 18.7. The van der Waals surface area contributed by atoms with E-state index in [2.05, 4.69) is 9.97 Å². The van der Waals surface area contributed by atoms with Crippen LogP contribution >= 0.6 is 11.8 Å². The van der Waals surface area contributed by atoms with E-state index in [9.17, 15) is 4.39 Å². The molecule has 6 heteroatoms. The van der Waals surface area contributed by atoms with Gasteiger partial charge in [0.25, 0.3) is 0 Å². The summed E-state index contributed by atoms with van der Waals surface area (Å²) in [6.45, 7) is 0. The first kappa shape index (κ1) is 11.7. The van der Waals surface area contributed by atoms with Gasteiger partial charge in [0.2, 0.25) is 0 Å². The number of nitrogen functional groups attached to an aromatic ring is 1. The molecule has 0 spiro atoms. The molecule has 0 radical (unpaired) electrons. The molecule has 88 valence electrons. The number of benzene rings is 1. The van der Waals surface area contributed by atoms with E-state index in [1.54, 1.807) is 24.7 Å². The first-order valence-electron chi connectivity index (χ1n) is 4.77. The first-order valence-corrected chi connectivity index (χ1v) is 5.59. The van der Waals surface area contributed by atoms with Crippen molar-refractivity contribution in [2.24, 2.45) is 0 Å². The molecule has 0 aliphatic carbocycles. The lowest BCUT2D eigenvalue weighted by Crippen LogP contribution is -1.95. The average molecular weight is 251 g/mol. The van der Waals surface area contributed by atoms with Gasteiger partial charge in [-0.05, 0) is 6.07 Å². The molecule has 0 unspecified atom stereocenters. The topological polar surface area (TPSA) is 61.0 Å². The van der Waals surface area contributed by atoms with Crippen LogP contribution in [0.2, 0.25) is 0 Å². The smallest absolute Gasteiger partial charge is 0.143 e. The van der Waals surface area contributed by atoms with Gasteiger partial charge in [0.05, 0.1) is 23.9 Å². The average Bonchev–Trinajstić information content (AvgIpc) is 2.34. The Morgan fingerprint density at radius 3 is 2.82 bits per heavy atom. The number of nitrogens with two attached hydrogens (primary N) is 1. The molecule has 1 heterocycles. The van der Waals surface area contributed by atoms with Gasteiger partial charge in [0, 0.05) is 18.5 Å². The Bertz CT molecular complexity index is 522. The molecule has 0 bridgehead atoms. The molecule has 2 N–H and O–H groups in total. The molecule has 1 aromatic heterocycles. The van der Waals surface area contributed by atoms with Gasteiger partial charge in [-0.15, -0.1) is 0 Å². The molecule has 0 fully saturated rings. The van der Waals surface area contributed by atoms with Gasteiger partial charge in [-0.25, -0.2) is 9.37 Å². The Hall–Kier alpha value is -1.82. The van der Waals surface area contributed by atoms with Gasteiger partial charge in [-0.3, -0.25) is 4.98 Å². The number of aromatic nitrogens is 2. The quantitative estimate of drug-likeness (QED) is 0.848. The lowest BCUT2D eigenvalue weighted by molar-refractivity contribution is 0.414. The van der Waals surface area contributed by atoms with Gasteiger partial charge in [0.15, 0.2) is 0 Å². The molecule has 0 saturated heterocycles. The predicted octanol–water partition coefficient (Wildman–Crippen LogP) is 2.36. The molecule has 2 rings (SSSR count). The Morgan fingerprint density at radius 1 is 1.35 bits per heavy atom. The van der Waals surface area contributed by atoms with Crippen molar-refractivity contribution in [2.45, 2.75) is 9.92 Å². The zero-order valence-corrected chi connectivity index (χ0v) is 9.87. The summed E-state index contributed by atoms with van der Waals surface area (Å²) in [4.78, 5) is 8.36. The molecule has 0 amide bonds. The Labute approximate surface area is 102 Å². The number of rotatable bonds is 3. The zero-order valence-electron chi connectivity index (χ0n) is 9.05. The number of hydrogen-bond donors (Lipinski definition) is 1. The van der Waals surface area contributed by atoms with Crippen molar-refractivity contribution in [3.63, 3.8) is 0 Å². The van der Waals surface area contributed by atoms with Gasteiger partial charge in [0.1, 0.15) is 16.6 Å². The van der Waals surface area contributed by atoms with Crippen molar-refractivity contribution in [3.8, 4) is 5.75 Å². The van der Waals surface area contributed by atoms with Crippen molar-refractivity contribution in [1.82, 2.24) is 9.97 Å². The molecule has 17 heavy (non-hydrogen) atoms. The van der Waals surface area contributed by atoms with E-state index in [0.29, 0.717) is 15.7 Å². The number of ether oxygens (including phenoxy) is 1. The zero-order chi connectivity index (χ0) is 12.3. The highest BCUT2D eigenvalue weighted by molar-refractivity contribution is 7.99. The summed E-state index contributed by atoms with van der Waals surface area (Å²) in [6, 6.07) is 2.78. The summed E-state index contributed by atoms with van der Waals surface area (Å²) in [5.41, 5.74) is 5.86. The van der Waals surface area contributed by atoms with Gasteiger partial charge in [-0.2, -0.15) is 0 Å². The molecule has 2 aromatic rings. The lowest BCUT2D eigenvalue weighted by atomic mass is 10.3. The third-order valence-electron chi connectivity index (χ3n) is 2.04. The molecular weight excluding hydrogens is 241 g/mol. The molecule has 0 atom stereocenters. The largest absolute Gasteiger partial charge is 0.495 e. The standard InChI is InChI=1S/C11H10FN3OS/c1-16-9-5-10(7(12)4-8(9)13)17-11-6-14-2-3-15-11/h2-6H,13H2,1H3. The van der Waals surface area contributed by atoms with Crippen LogP contribution in [0.15, 0.2) is 40.6 Å². The predicted molar refractivity (Wildman–Crippen MR) is 63.5 cm³/mol. The minimum Gasteiger partial charge on any atom is -0.495 e. The van der Waals surface area contributed by atoms with Crippen LogP contribution < -0.4 is 10.5 Å². The normalized spacial score (nSPS) is 10.2. The lowest BCUT2D eigenvalue weighted by Gasteiger charge is -2.08. The highest BCUT2D eigenvalue weighted by Crippen LogP contribution is 2.34. The van der Waals surface area contributed by atoms with Crippen molar-refractivity contribution < 1.29 is 9.13 Å².